The molecule has 1 aliphatic rings. The molecule has 1 aromatic carbocycles. The van der Waals surface area contributed by atoms with Crippen molar-refractivity contribution in [1.29, 1.82) is 0 Å². The van der Waals surface area contributed by atoms with Crippen LogP contribution in [-0.4, -0.2) is 53.2 Å². The molecule has 2 amide bonds. The van der Waals surface area contributed by atoms with Gasteiger partial charge in [-0.2, -0.15) is 0 Å². The van der Waals surface area contributed by atoms with Gasteiger partial charge in [0.05, 0.1) is 18.1 Å². The van der Waals surface area contributed by atoms with Crippen LogP contribution in [0.3, 0.4) is 0 Å². The number of carboxylic acids is 1. The fraction of sp³-hybridized carbons (Fsp3) is 0.591. The maximum absolute atomic E-state index is 13.2. The number of nitrogens with two attached hydrogens (primary N) is 1. The van der Waals surface area contributed by atoms with Crippen LogP contribution < -0.4 is 16.0 Å². The quantitative estimate of drug-likeness (QED) is 0.423. The van der Waals surface area contributed by atoms with E-state index < -0.39 is 29.4 Å². The second kappa shape index (κ2) is 10.0. The van der Waals surface area contributed by atoms with E-state index in [-0.39, 0.29) is 24.8 Å². The molecule has 166 valence electrons. The number of aliphatic carboxylic acids is 1. The largest absolute Gasteiger partial charge is 0.481 e. The van der Waals surface area contributed by atoms with Crippen LogP contribution >= 0.6 is 0 Å². The molecule has 0 unspecified atom stereocenters. The van der Waals surface area contributed by atoms with Crippen LogP contribution in [0.2, 0.25) is 0 Å². The minimum absolute atomic E-state index is 0.0685. The summed E-state index contributed by atoms with van der Waals surface area (Å²) in [5.41, 5.74) is 7.48. The monoisotopic (exact) mass is 419 g/mol. The van der Waals surface area contributed by atoms with E-state index in [1.807, 2.05) is 38.1 Å². The van der Waals surface area contributed by atoms with E-state index in [9.17, 15) is 19.5 Å². The SMILES string of the molecule is C[C@H](C[C@H](O)[C@@H](N)CC(C)(C)CC(=O)N1C[C@H](NC=O)Cc2ccccc21)C(=O)O. The molecule has 30 heavy (non-hydrogen) atoms. The Hall–Kier alpha value is -2.45. The molecule has 8 nitrogen and oxygen atoms in total. The molecule has 1 aliphatic heterocycles. The van der Waals surface area contributed by atoms with Crippen molar-refractivity contribution in [2.24, 2.45) is 17.1 Å². The first-order valence-electron chi connectivity index (χ1n) is 10.3. The first-order chi connectivity index (χ1) is 14.0. The average molecular weight is 420 g/mol. The maximum atomic E-state index is 13.2. The van der Waals surface area contributed by atoms with Crippen LogP contribution in [0.15, 0.2) is 24.3 Å². The van der Waals surface area contributed by atoms with Crippen LogP contribution in [0.5, 0.6) is 0 Å². The lowest BCUT2D eigenvalue weighted by Crippen LogP contribution is -2.49. The van der Waals surface area contributed by atoms with Crippen molar-refractivity contribution >= 4 is 24.0 Å². The topological polar surface area (TPSA) is 133 Å². The maximum Gasteiger partial charge on any atom is 0.306 e. The number of fused-ring (bicyclic) bond motifs is 1. The lowest BCUT2D eigenvalue weighted by molar-refractivity contribution is -0.142. The summed E-state index contributed by atoms with van der Waals surface area (Å²) in [7, 11) is 0. The van der Waals surface area contributed by atoms with Crippen molar-refractivity contribution in [1.82, 2.24) is 5.32 Å². The highest BCUT2D eigenvalue weighted by molar-refractivity contribution is 5.95. The Bertz CT molecular complexity index is 767. The number of hydrogen-bond acceptors (Lipinski definition) is 5. The summed E-state index contributed by atoms with van der Waals surface area (Å²) >= 11 is 0. The fourth-order valence-corrected chi connectivity index (χ4v) is 4.03. The van der Waals surface area contributed by atoms with E-state index in [2.05, 4.69) is 5.32 Å². The number of para-hydroxylation sites is 1. The number of nitrogens with zero attached hydrogens (tertiary/aromatic N) is 1. The van der Waals surface area contributed by atoms with E-state index in [1.165, 1.54) is 6.92 Å². The molecule has 0 saturated carbocycles. The Morgan fingerprint density at radius 1 is 1.37 bits per heavy atom. The van der Waals surface area contributed by atoms with Gasteiger partial charge in [-0.1, -0.05) is 39.0 Å². The number of amides is 2. The second-order valence-corrected chi connectivity index (χ2v) is 9.07. The number of rotatable bonds is 10. The fourth-order valence-electron chi connectivity index (χ4n) is 4.03. The number of benzene rings is 1. The summed E-state index contributed by atoms with van der Waals surface area (Å²) in [4.78, 5) is 36.8. The third-order valence-electron chi connectivity index (χ3n) is 5.69. The Morgan fingerprint density at radius 3 is 2.67 bits per heavy atom. The van der Waals surface area contributed by atoms with Gasteiger partial charge in [-0.05, 0) is 36.3 Å². The molecule has 1 aromatic rings. The van der Waals surface area contributed by atoms with E-state index in [1.54, 1.807) is 4.90 Å². The molecule has 0 fully saturated rings. The molecular weight excluding hydrogens is 386 g/mol. The predicted molar refractivity (Wildman–Crippen MR) is 114 cm³/mol. The molecule has 2 rings (SSSR count). The van der Waals surface area contributed by atoms with Crippen molar-refractivity contribution in [2.75, 3.05) is 11.4 Å². The Labute approximate surface area is 177 Å². The Morgan fingerprint density at radius 2 is 2.03 bits per heavy atom. The van der Waals surface area contributed by atoms with Gasteiger partial charge in [0.15, 0.2) is 0 Å². The minimum atomic E-state index is -0.974. The van der Waals surface area contributed by atoms with Crippen LogP contribution in [0.4, 0.5) is 5.69 Å². The molecule has 0 saturated heterocycles. The molecule has 0 bridgehead atoms. The predicted octanol–water partition coefficient (Wildman–Crippen LogP) is 1.30. The highest BCUT2D eigenvalue weighted by Crippen LogP contribution is 2.33. The molecule has 1 heterocycles. The number of aliphatic hydroxyl groups excluding tert-OH is 1. The molecule has 4 atom stereocenters. The lowest BCUT2D eigenvalue weighted by Gasteiger charge is -2.37. The molecule has 5 N–H and O–H groups in total. The van der Waals surface area contributed by atoms with E-state index >= 15 is 0 Å². The van der Waals surface area contributed by atoms with Crippen molar-refractivity contribution < 1.29 is 24.6 Å². The van der Waals surface area contributed by atoms with Gasteiger partial charge in [-0.3, -0.25) is 14.4 Å². The van der Waals surface area contributed by atoms with E-state index in [0.717, 1.165) is 11.3 Å². The number of carbonyl (C=O) groups is 3. The lowest BCUT2D eigenvalue weighted by atomic mass is 9.79. The van der Waals surface area contributed by atoms with Crippen LogP contribution in [-0.2, 0) is 20.8 Å². The molecule has 8 heteroatoms. The van der Waals surface area contributed by atoms with Gasteiger partial charge in [-0.25, -0.2) is 0 Å². The van der Waals surface area contributed by atoms with Crippen LogP contribution in [0.25, 0.3) is 0 Å². The van der Waals surface area contributed by atoms with Gasteiger partial charge in [0.1, 0.15) is 0 Å². The van der Waals surface area contributed by atoms with Crippen molar-refractivity contribution in [3.63, 3.8) is 0 Å². The summed E-state index contributed by atoms with van der Waals surface area (Å²) in [6.07, 6.45) is 1.02. The Balaban J connectivity index is 2.06. The van der Waals surface area contributed by atoms with Gasteiger partial charge < -0.3 is 26.2 Å². The smallest absolute Gasteiger partial charge is 0.306 e. The van der Waals surface area contributed by atoms with Crippen molar-refractivity contribution in [2.45, 2.75) is 64.6 Å². The first kappa shape index (κ1) is 23.8. The van der Waals surface area contributed by atoms with Crippen molar-refractivity contribution in [3.05, 3.63) is 29.8 Å². The third-order valence-corrected chi connectivity index (χ3v) is 5.69. The molecule has 0 aromatic heterocycles. The highest BCUT2D eigenvalue weighted by Gasteiger charge is 2.34. The van der Waals surface area contributed by atoms with E-state index in [4.69, 9.17) is 10.8 Å². The molecule has 0 spiro atoms. The number of carbonyl (C=O) groups excluding carboxylic acids is 2. The molecule has 0 aliphatic carbocycles. The third kappa shape index (κ3) is 6.27. The standard InChI is InChI=1S/C22H33N3O5/c1-14(21(29)30)8-19(27)17(23)10-22(2,3)11-20(28)25-12-16(24-13-26)9-15-6-4-5-7-18(15)25/h4-7,13-14,16-17,19,27H,8-12,23H2,1-3H3,(H,24,26)(H,29,30)/t14-,16-,17+,19+/m1/s1. The number of aliphatic hydroxyl groups is 1. The minimum Gasteiger partial charge on any atom is -0.481 e. The number of carboxylic acid groups (broad SMARTS) is 1. The highest BCUT2D eigenvalue weighted by atomic mass is 16.4. The first-order valence-corrected chi connectivity index (χ1v) is 10.3. The zero-order valence-electron chi connectivity index (χ0n) is 17.9. The zero-order valence-corrected chi connectivity index (χ0v) is 17.9. The summed E-state index contributed by atoms with van der Waals surface area (Å²) in [5.74, 6) is -1.74. The average Bonchev–Trinajstić information content (AvgIpc) is 2.66. The van der Waals surface area contributed by atoms with Crippen LogP contribution in [0.1, 0.15) is 45.6 Å². The van der Waals surface area contributed by atoms with Crippen molar-refractivity contribution in [3.8, 4) is 0 Å². The molecule has 0 radical (unpaired) electrons. The summed E-state index contributed by atoms with van der Waals surface area (Å²) in [6.45, 7) is 5.75. The number of nitrogens with one attached hydrogen (secondary N) is 1. The second-order valence-electron chi connectivity index (χ2n) is 9.07. The van der Waals surface area contributed by atoms with Gasteiger partial charge >= 0.3 is 5.97 Å². The van der Waals surface area contributed by atoms with Gasteiger partial charge in [0, 0.05) is 24.7 Å². The summed E-state index contributed by atoms with van der Waals surface area (Å²) < 4.78 is 0. The van der Waals surface area contributed by atoms with Gasteiger partial charge in [-0.15, -0.1) is 0 Å². The van der Waals surface area contributed by atoms with Gasteiger partial charge in [0.2, 0.25) is 12.3 Å². The van der Waals surface area contributed by atoms with Crippen LogP contribution in [0, 0.1) is 11.3 Å². The number of anilines is 1. The zero-order chi connectivity index (χ0) is 22.5. The normalized spacial score (nSPS) is 19.4. The molecular formula is C22H33N3O5. The number of hydrogen-bond donors (Lipinski definition) is 4. The Kier molecular flexibility index (Phi) is 7.97. The summed E-state index contributed by atoms with van der Waals surface area (Å²) in [6, 6.07) is 6.87. The summed E-state index contributed by atoms with van der Waals surface area (Å²) in [5, 5.41) is 22.1. The van der Waals surface area contributed by atoms with Gasteiger partial charge in [0.25, 0.3) is 0 Å². The van der Waals surface area contributed by atoms with E-state index in [0.29, 0.717) is 25.8 Å².